The topological polar surface area (TPSA) is 54.0 Å². The summed E-state index contributed by atoms with van der Waals surface area (Å²) in [5.74, 6) is -0.113. The van der Waals surface area contributed by atoms with Gasteiger partial charge in [-0.15, -0.1) is 0 Å². The SMILES string of the molecule is CC(C)CNC(=O)c1cc(Nc2ccc(Cl)cc2C(F)(F)F)ccn1. The molecule has 8 heteroatoms. The first-order valence-electron chi connectivity index (χ1n) is 7.55. The lowest BCUT2D eigenvalue weighted by Crippen LogP contribution is -2.28. The van der Waals surface area contributed by atoms with Crippen LogP contribution in [0.15, 0.2) is 36.5 Å². The van der Waals surface area contributed by atoms with E-state index < -0.39 is 11.7 Å². The van der Waals surface area contributed by atoms with Crippen molar-refractivity contribution in [1.82, 2.24) is 10.3 Å². The van der Waals surface area contributed by atoms with Gasteiger partial charge in [0.15, 0.2) is 0 Å². The summed E-state index contributed by atoms with van der Waals surface area (Å²) in [6, 6.07) is 6.32. The van der Waals surface area contributed by atoms with E-state index >= 15 is 0 Å². The van der Waals surface area contributed by atoms with Crippen molar-refractivity contribution in [2.75, 3.05) is 11.9 Å². The first-order valence-corrected chi connectivity index (χ1v) is 7.92. The summed E-state index contributed by atoms with van der Waals surface area (Å²) in [5, 5.41) is 5.36. The van der Waals surface area contributed by atoms with Gasteiger partial charge in [-0.2, -0.15) is 13.2 Å². The third-order valence-electron chi connectivity index (χ3n) is 3.23. The molecule has 0 aliphatic carbocycles. The zero-order chi connectivity index (χ0) is 18.6. The molecule has 0 bridgehead atoms. The average molecular weight is 372 g/mol. The fourth-order valence-corrected chi connectivity index (χ4v) is 2.21. The zero-order valence-corrected chi connectivity index (χ0v) is 14.4. The van der Waals surface area contributed by atoms with Crippen molar-refractivity contribution in [3.63, 3.8) is 0 Å². The Morgan fingerprint density at radius 1 is 1.24 bits per heavy atom. The zero-order valence-electron chi connectivity index (χ0n) is 13.6. The molecule has 0 aliphatic rings. The van der Waals surface area contributed by atoms with Gasteiger partial charge in [-0.3, -0.25) is 9.78 Å². The number of hydrogen-bond donors (Lipinski definition) is 2. The van der Waals surface area contributed by atoms with Crippen molar-refractivity contribution in [3.8, 4) is 0 Å². The molecule has 4 nitrogen and oxygen atoms in total. The van der Waals surface area contributed by atoms with Crippen molar-refractivity contribution >= 4 is 28.9 Å². The molecule has 134 valence electrons. The van der Waals surface area contributed by atoms with Gasteiger partial charge in [-0.05, 0) is 36.2 Å². The lowest BCUT2D eigenvalue weighted by Gasteiger charge is -2.15. The Balaban J connectivity index is 2.25. The maximum absolute atomic E-state index is 13.1. The van der Waals surface area contributed by atoms with E-state index in [2.05, 4.69) is 15.6 Å². The monoisotopic (exact) mass is 371 g/mol. The van der Waals surface area contributed by atoms with Gasteiger partial charge in [0.25, 0.3) is 5.91 Å². The number of nitrogens with one attached hydrogen (secondary N) is 2. The highest BCUT2D eigenvalue weighted by Crippen LogP contribution is 2.37. The third-order valence-corrected chi connectivity index (χ3v) is 3.46. The van der Waals surface area contributed by atoms with Crippen LogP contribution in [0.5, 0.6) is 0 Å². The van der Waals surface area contributed by atoms with E-state index in [0.717, 1.165) is 6.07 Å². The minimum absolute atomic E-state index is 0.0126. The van der Waals surface area contributed by atoms with Gasteiger partial charge in [0, 0.05) is 23.5 Å². The molecule has 2 rings (SSSR count). The van der Waals surface area contributed by atoms with Gasteiger partial charge in [0.2, 0.25) is 0 Å². The van der Waals surface area contributed by atoms with Crippen LogP contribution in [0.4, 0.5) is 24.5 Å². The first kappa shape index (κ1) is 19.1. The Morgan fingerprint density at radius 2 is 1.96 bits per heavy atom. The second kappa shape index (κ2) is 7.74. The average Bonchev–Trinajstić information content (AvgIpc) is 2.53. The lowest BCUT2D eigenvalue weighted by atomic mass is 10.1. The van der Waals surface area contributed by atoms with Crippen molar-refractivity contribution < 1.29 is 18.0 Å². The molecule has 0 radical (unpaired) electrons. The number of hydrogen-bond acceptors (Lipinski definition) is 3. The van der Waals surface area contributed by atoms with Gasteiger partial charge in [0.1, 0.15) is 5.69 Å². The van der Waals surface area contributed by atoms with Gasteiger partial charge in [-0.25, -0.2) is 0 Å². The smallest absolute Gasteiger partial charge is 0.355 e. The molecule has 1 aromatic heterocycles. The minimum Gasteiger partial charge on any atom is -0.355 e. The molecule has 0 aliphatic heterocycles. The van der Waals surface area contributed by atoms with Crippen molar-refractivity contribution in [2.45, 2.75) is 20.0 Å². The van der Waals surface area contributed by atoms with Crippen molar-refractivity contribution in [2.24, 2.45) is 5.92 Å². The number of alkyl halides is 3. The molecule has 1 aromatic carbocycles. The highest BCUT2D eigenvalue weighted by molar-refractivity contribution is 6.30. The van der Waals surface area contributed by atoms with E-state index in [1.807, 2.05) is 13.8 Å². The summed E-state index contributed by atoms with van der Waals surface area (Å²) in [5.41, 5.74) is -0.607. The summed E-state index contributed by atoms with van der Waals surface area (Å²) >= 11 is 5.66. The molecular weight excluding hydrogens is 355 g/mol. The molecule has 1 amide bonds. The Labute approximate surface area is 148 Å². The van der Waals surface area contributed by atoms with Crippen molar-refractivity contribution in [3.05, 3.63) is 52.8 Å². The molecule has 0 unspecified atom stereocenters. The number of carbonyl (C=O) groups is 1. The Morgan fingerprint density at radius 3 is 2.60 bits per heavy atom. The Kier molecular flexibility index (Phi) is 5.89. The van der Waals surface area contributed by atoms with Gasteiger partial charge in [-0.1, -0.05) is 25.4 Å². The van der Waals surface area contributed by atoms with E-state index in [0.29, 0.717) is 12.2 Å². The number of anilines is 2. The van der Waals surface area contributed by atoms with Crippen LogP contribution in [0.25, 0.3) is 0 Å². The summed E-state index contributed by atoms with van der Waals surface area (Å²) in [7, 11) is 0. The number of halogens is 4. The van der Waals surface area contributed by atoms with E-state index in [-0.39, 0.29) is 28.2 Å². The molecule has 0 saturated carbocycles. The third kappa shape index (κ3) is 5.35. The maximum Gasteiger partial charge on any atom is 0.418 e. The number of rotatable bonds is 5. The molecular formula is C17H17ClF3N3O. The van der Waals surface area contributed by atoms with Gasteiger partial charge in [0.05, 0.1) is 11.3 Å². The predicted octanol–water partition coefficient (Wildman–Crippen LogP) is 4.88. The highest BCUT2D eigenvalue weighted by atomic mass is 35.5. The normalized spacial score (nSPS) is 11.5. The Hall–Kier alpha value is -2.28. The number of nitrogens with zero attached hydrogens (tertiary/aromatic N) is 1. The number of carbonyl (C=O) groups excluding carboxylic acids is 1. The fraction of sp³-hybridized carbons (Fsp3) is 0.294. The maximum atomic E-state index is 13.1. The van der Waals surface area contributed by atoms with Crippen LogP contribution in [-0.4, -0.2) is 17.4 Å². The van der Waals surface area contributed by atoms with E-state index in [1.165, 1.54) is 30.5 Å². The van der Waals surface area contributed by atoms with Crippen LogP contribution in [0.1, 0.15) is 29.9 Å². The number of pyridine rings is 1. The highest BCUT2D eigenvalue weighted by Gasteiger charge is 2.33. The number of amides is 1. The molecule has 2 aromatic rings. The van der Waals surface area contributed by atoms with Crippen LogP contribution >= 0.6 is 11.6 Å². The van der Waals surface area contributed by atoms with Crippen LogP contribution in [0, 0.1) is 5.92 Å². The molecule has 0 spiro atoms. The van der Waals surface area contributed by atoms with Crippen molar-refractivity contribution in [1.29, 1.82) is 0 Å². The summed E-state index contributed by atoms with van der Waals surface area (Å²) < 4.78 is 39.4. The largest absolute Gasteiger partial charge is 0.418 e. The standard InChI is InChI=1S/C17H17ClF3N3O/c1-10(2)9-23-16(25)15-8-12(5-6-22-15)24-14-4-3-11(18)7-13(14)17(19,20)21/h3-8,10H,9H2,1-2H3,(H,22,24)(H,23,25). The molecule has 25 heavy (non-hydrogen) atoms. The molecule has 0 atom stereocenters. The Bertz CT molecular complexity index is 763. The first-order chi connectivity index (χ1) is 11.7. The lowest BCUT2D eigenvalue weighted by molar-refractivity contribution is -0.136. The van der Waals surface area contributed by atoms with Crippen LogP contribution in [0.2, 0.25) is 5.02 Å². The minimum atomic E-state index is -4.56. The van der Waals surface area contributed by atoms with E-state index in [4.69, 9.17) is 11.6 Å². The second-order valence-electron chi connectivity index (χ2n) is 5.85. The second-order valence-corrected chi connectivity index (χ2v) is 6.28. The van der Waals surface area contributed by atoms with E-state index in [9.17, 15) is 18.0 Å². The summed E-state index contributed by atoms with van der Waals surface area (Å²) in [6.07, 6.45) is -3.20. The van der Waals surface area contributed by atoms with Gasteiger partial charge < -0.3 is 10.6 Å². The number of benzene rings is 1. The summed E-state index contributed by atoms with van der Waals surface area (Å²) in [6.45, 7) is 4.38. The molecule has 2 N–H and O–H groups in total. The fourth-order valence-electron chi connectivity index (χ4n) is 2.04. The molecule has 0 saturated heterocycles. The van der Waals surface area contributed by atoms with Gasteiger partial charge >= 0.3 is 6.18 Å². The van der Waals surface area contributed by atoms with Crippen LogP contribution in [-0.2, 0) is 6.18 Å². The van der Waals surface area contributed by atoms with Crippen LogP contribution in [0.3, 0.4) is 0 Å². The predicted molar refractivity (Wildman–Crippen MR) is 91.1 cm³/mol. The van der Waals surface area contributed by atoms with Crippen LogP contribution < -0.4 is 10.6 Å². The molecule has 1 heterocycles. The molecule has 0 fully saturated rings. The number of aromatic nitrogens is 1. The summed E-state index contributed by atoms with van der Waals surface area (Å²) in [4.78, 5) is 16.0. The van der Waals surface area contributed by atoms with E-state index in [1.54, 1.807) is 0 Å². The quantitative estimate of drug-likeness (QED) is 0.787.